The van der Waals surface area contributed by atoms with Crippen molar-refractivity contribution in [3.8, 4) is 5.75 Å². The van der Waals surface area contributed by atoms with Crippen LogP contribution in [0.4, 0.5) is 0 Å². The average Bonchev–Trinajstić information content (AvgIpc) is 2.33. The molecule has 2 N–H and O–H groups in total. The highest BCUT2D eigenvalue weighted by atomic mass is 16.5. The van der Waals surface area contributed by atoms with Gasteiger partial charge < -0.3 is 15.4 Å². The lowest BCUT2D eigenvalue weighted by molar-refractivity contribution is -0.134. The topological polar surface area (TPSA) is 67.4 Å². The number of rotatable bonds is 4. The number of β-lactam (4-membered cyclic amide) rings is 1. The summed E-state index contributed by atoms with van der Waals surface area (Å²) in [4.78, 5) is 22.2. The SMILES string of the molecule is O=C(COc1ccccc1)N[C@@H]1CNC1=O. The molecule has 0 aliphatic carbocycles. The first-order chi connectivity index (χ1) is 7.75. The Morgan fingerprint density at radius 2 is 2.19 bits per heavy atom. The van der Waals surface area contributed by atoms with Crippen LogP contribution in [0.3, 0.4) is 0 Å². The van der Waals surface area contributed by atoms with Crippen molar-refractivity contribution in [2.24, 2.45) is 0 Å². The van der Waals surface area contributed by atoms with E-state index in [1.54, 1.807) is 12.1 Å². The molecule has 1 heterocycles. The van der Waals surface area contributed by atoms with Crippen molar-refractivity contribution in [3.05, 3.63) is 30.3 Å². The molecular formula is C11H12N2O3. The van der Waals surface area contributed by atoms with E-state index in [2.05, 4.69) is 10.6 Å². The van der Waals surface area contributed by atoms with Crippen LogP contribution in [0.2, 0.25) is 0 Å². The van der Waals surface area contributed by atoms with Gasteiger partial charge in [-0.1, -0.05) is 18.2 Å². The highest BCUT2D eigenvalue weighted by molar-refractivity contribution is 5.92. The highest BCUT2D eigenvalue weighted by Crippen LogP contribution is 2.07. The maximum Gasteiger partial charge on any atom is 0.258 e. The third-order valence-electron chi connectivity index (χ3n) is 2.25. The summed E-state index contributed by atoms with van der Waals surface area (Å²) in [6.45, 7) is 0.420. The Morgan fingerprint density at radius 1 is 1.44 bits per heavy atom. The zero-order chi connectivity index (χ0) is 11.4. The Balaban J connectivity index is 1.74. The molecule has 2 rings (SSSR count). The summed E-state index contributed by atoms with van der Waals surface area (Å²) in [5.74, 6) is 0.201. The van der Waals surface area contributed by atoms with Gasteiger partial charge in [-0.15, -0.1) is 0 Å². The van der Waals surface area contributed by atoms with E-state index in [1.165, 1.54) is 0 Å². The molecule has 2 amide bonds. The molecule has 1 aromatic rings. The van der Waals surface area contributed by atoms with Crippen molar-refractivity contribution >= 4 is 11.8 Å². The van der Waals surface area contributed by atoms with E-state index in [-0.39, 0.29) is 18.4 Å². The Bertz CT molecular complexity index is 391. The normalized spacial score (nSPS) is 18.2. The van der Waals surface area contributed by atoms with Gasteiger partial charge in [0.15, 0.2) is 6.61 Å². The second-order valence-corrected chi connectivity index (χ2v) is 3.47. The molecule has 0 radical (unpaired) electrons. The summed E-state index contributed by atoms with van der Waals surface area (Å²) in [7, 11) is 0. The Morgan fingerprint density at radius 3 is 2.75 bits per heavy atom. The second kappa shape index (κ2) is 4.65. The van der Waals surface area contributed by atoms with Crippen LogP contribution in [-0.4, -0.2) is 31.0 Å². The number of amides is 2. The first kappa shape index (κ1) is 10.5. The van der Waals surface area contributed by atoms with E-state index in [0.29, 0.717) is 12.3 Å². The fourth-order valence-corrected chi connectivity index (χ4v) is 1.31. The third kappa shape index (κ3) is 2.50. The number of hydrogen-bond acceptors (Lipinski definition) is 3. The molecule has 1 atom stereocenters. The van der Waals surface area contributed by atoms with Gasteiger partial charge in [-0.05, 0) is 12.1 Å². The maximum atomic E-state index is 11.3. The second-order valence-electron chi connectivity index (χ2n) is 3.47. The highest BCUT2D eigenvalue weighted by Gasteiger charge is 2.28. The average molecular weight is 220 g/mol. The van der Waals surface area contributed by atoms with Crippen molar-refractivity contribution in [1.29, 1.82) is 0 Å². The summed E-state index contributed by atoms with van der Waals surface area (Å²) in [5, 5.41) is 5.10. The summed E-state index contributed by atoms with van der Waals surface area (Å²) in [6, 6.07) is 8.66. The van der Waals surface area contributed by atoms with Crippen molar-refractivity contribution in [1.82, 2.24) is 10.6 Å². The van der Waals surface area contributed by atoms with E-state index in [0.717, 1.165) is 0 Å². The molecule has 5 heteroatoms. The monoisotopic (exact) mass is 220 g/mol. The summed E-state index contributed by atoms with van der Waals surface area (Å²) in [6.07, 6.45) is 0. The van der Waals surface area contributed by atoms with Crippen LogP contribution in [-0.2, 0) is 9.59 Å². The first-order valence-corrected chi connectivity index (χ1v) is 5.00. The minimum absolute atomic E-state index is 0.0756. The van der Waals surface area contributed by atoms with E-state index < -0.39 is 6.04 Å². The molecule has 0 unspecified atom stereocenters. The number of carbonyl (C=O) groups excluding carboxylic acids is 2. The molecule has 84 valence electrons. The van der Waals surface area contributed by atoms with E-state index in [4.69, 9.17) is 4.74 Å². The molecule has 0 aromatic heterocycles. The molecule has 16 heavy (non-hydrogen) atoms. The molecule has 0 spiro atoms. The van der Waals surface area contributed by atoms with Gasteiger partial charge in [0.2, 0.25) is 5.91 Å². The molecule has 5 nitrogen and oxygen atoms in total. The van der Waals surface area contributed by atoms with Crippen molar-refractivity contribution < 1.29 is 14.3 Å². The zero-order valence-corrected chi connectivity index (χ0v) is 8.60. The van der Waals surface area contributed by atoms with E-state index in [1.807, 2.05) is 18.2 Å². The lowest BCUT2D eigenvalue weighted by atomic mass is 10.1. The van der Waals surface area contributed by atoms with Crippen LogP contribution < -0.4 is 15.4 Å². The minimum atomic E-state index is -0.396. The minimum Gasteiger partial charge on any atom is -0.484 e. The molecule has 1 fully saturated rings. The number of hydrogen-bond donors (Lipinski definition) is 2. The molecule has 0 saturated carbocycles. The van der Waals surface area contributed by atoms with Gasteiger partial charge in [0.25, 0.3) is 5.91 Å². The number of ether oxygens (including phenoxy) is 1. The Hall–Kier alpha value is -2.04. The van der Waals surface area contributed by atoms with Gasteiger partial charge in [0.05, 0.1) is 0 Å². The first-order valence-electron chi connectivity index (χ1n) is 5.00. The Kier molecular flexibility index (Phi) is 3.05. The number of para-hydroxylation sites is 1. The molecule has 1 aromatic carbocycles. The van der Waals surface area contributed by atoms with Crippen molar-refractivity contribution in [2.75, 3.05) is 13.2 Å². The third-order valence-corrected chi connectivity index (χ3v) is 2.25. The van der Waals surface area contributed by atoms with E-state index in [9.17, 15) is 9.59 Å². The van der Waals surface area contributed by atoms with Crippen molar-refractivity contribution in [2.45, 2.75) is 6.04 Å². The predicted molar refractivity (Wildman–Crippen MR) is 56.9 cm³/mol. The molecular weight excluding hydrogens is 208 g/mol. The quantitative estimate of drug-likeness (QED) is 0.683. The summed E-state index contributed by atoms with van der Waals surface area (Å²) in [5.41, 5.74) is 0. The molecule has 1 aliphatic rings. The van der Waals surface area contributed by atoms with Crippen LogP contribution in [0.25, 0.3) is 0 Å². The predicted octanol–water partition coefficient (Wildman–Crippen LogP) is -0.320. The lowest BCUT2D eigenvalue weighted by Crippen LogP contribution is -2.62. The van der Waals surface area contributed by atoms with E-state index >= 15 is 0 Å². The van der Waals surface area contributed by atoms with Gasteiger partial charge in [-0.2, -0.15) is 0 Å². The Labute approximate surface area is 92.8 Å². The molecule has 0 bridgehead atoms. The van der Waals surface area contributed by atoms with Crippen molar-refractivity contribution in [3.63, 3.8) is 0 Å². The summed E-state index contributed by atoms with van der Waals surface area (Å²) >= 11 is 0. The van der Waals surface area contributed by atoms with Gasteiger partial charge in [0, 0.05) is 6.54 Å². The smallest absolute Gasteiger partial charge is 0.258 e. The van der Waals surface area contributed by atoms with Gasteiger partial charge in [-0.3, -0.25) is 9.59 Å². The number of carbonyl (C=O) groups is 2. The largest absolute Gasteiger partial charge is 0.484 e. The van der Waals surface area contributed by atoms with Crippen LogP contribution >= 0.6 is 0 Å². The maximum absolute atomic E-state index is 11.3. The lowest BCUT2D eigenvalue weighted by Gasteiger charge is -2.26. The summed E-state index contributed by atoms with van der Waals surface area (Å²) < 4.78 is 5.23. The van der Waals surface area contributed by atoms with Gasteiger partial charge in [0.1, 0.15) is 11.8 Å². The molecule has 1 aliphatic heterocycles. The fraction of sp³-hybridized carbons (Fsp3) is 0.273. The molecule has 1 saturated heterocycles. The number of nitrogens with one attached hydrogen (secondary N) is 2. The fourth-order valence-electron chi connectivity index (χ4n) is 1.31. The van der Waals surface area contributed by atoms with Crippen LogP contribution in [0, 0.1) is 0 Å². The van der Waals surface area contributed by atoms with Gasteiger partial charge >= 0.3 is 0 Å². The van der Waals surface area contributed by atoms with Crippen LogP contribution in [0.5, 0.6) is 5.75 Å². The van der Waals surface area contributed by atoms with Crippen LogP contribution in [0.1, 0.15) is 0 Å². The van der Waals surface area contributed by atoms with Gasteiger partial charge in [-0.25, -0.2) is 0 Å². The number of benzene rings is 1. The standard InChI is InChI=1S/C11H12N2O3/c14-10(13-9-6-12-11(9)15)7-16-8-4-2-1-3-5-8/h1-5,9H,6-7H2,(H,12,15)(H,13,14)/t9-/m1/s1. The zero-order valence-electron chi connectivity index (χ0n) is 8.60. The van der Waals surface area contributed by atoms with Crippen LogP contribution in [0.15, 0.2) is 30.3 Å².